The van der Waals surface area contributed by atoms with Crippen LogP contribution in [0.1, 0.15) is 50.0 Å². The number of aliphatic imine (C=N–C) groups is 1. The molecule has 150 valence electrons. The first-order valence-corrected chi connectivity index (χ1v) is 9.78. The monoisotopic (exact) mass is 517 g/mol. The van der Waals surface area contributed by atoms with Crippen molar-refractivity contribution in [1.29, 1.82) is 0 Å². The van der Waals surface area contributed by atoms with Gasteiger partial charge in [0.2, 0.25) is 0 Å². The summed E-state index contributed by atoms with van der Waals surface area (Å²) in [5, 5.41) is 16.6. The number of unbranched alkanes of at least 4 members (excludes halogenated alkanes) is 3. The number of carbonyl (C=O) groups is 1. The van der Waals surface area contributed by atoms with Gasteiger partial charge in [-0.25, -0.2) is 0 Å². The lowest BCUT2D eigenvalue weighted by Crippen LogP contribution is -2.38. The van der Waals surface area contributed by atoms with Gasteiger partial charge in [0.05, 0.1) is 18.0 Å². The van der Waals surface area contributed by atoms with E-state index in [-0.39, 0.29) is 36.5 Å². The zero-order chi connectivity index (χ0) is 18.5. The molecule has 1 rings (SSSR count). The fourth-order valence-corrected chi connectivity index (χ4v) is 3.21. The Hall–Kier alpha value is -0.580. The average molecular weight is 518 g/mol. The highest BCUT2D eigenvalue weighted by Crippen LogP contribution is 2.26. The van der Waals surface area contributed by atoms with Gasteiger partial charge in [0.25, 0.3) is 0 Å². The number of halogens is 2. The minimum absolute atomic E-state index is 0. The molecule has 3 N–H and O–H groups in total. The molecule has 26 heavy (non-hydrogen) atoms. The van der Waals surface area contributed by atoms with Crippen molar-refractivity contribution in [2.24, 2.45) is 4.99 Å². The van der Waals surface area contributed by atoms with Crippen LogP contribution in [0.3, 0.4) is 0 Å². The number of rotatable bonds is 11. The first kappa shape index (κ1) is 25.4. The predicted octanol–water partition coefficient (Wildman–Crippen LogP) is 3.73. The second kappa shape index (κ2) is 15.5. The van der Waals surface area contributed by atoms with Crippen LogP contribution in [-0.2, 0) is 9.53 Å². The molecule has 0 aromatic carbocycles. The molecule has 0 fully saturated rings. The highest BCUT2D eigenvalue weighted by Gasteiger charge is 2.10. The van der Waals surface area contributed by atoms with Crippen LogP contribution in [0.25, 0.3) is 0 Å². The van der Waals surface area contributed by atoms with Crippen LogP contribution >= 0.6 is 46.9 Å². The van der Waals surface area contributed by atoms with E-state index in [1.807, 2.05) is 13.0 Å². The first-order valence-electron chi connectivity index (χ1n) is 8.59. The highest BCUT2D eigenvalue weighted by atomic mass is 127. The summed E-state index contributed by atoms with van der Waals surface area (Å²) in [4.78, 5) is 16.2. The van der Waals surface area contributed by atoms with E-state index in [9.17, 15) is 9.90 Å². The third kappa shape index (κ3) is 11.2. The molecule has 0 radical (unpaired) electrons. The summed E-state index contributed by atoms with van der Waals surface area (Å²) < 4.78 is 5.28. The molecule has 6 nitrogen and oxygen atoms in total. The molecule has 1 unspecified atom stereocenters. The second-order valence-corrected chi connectivity index (χ2v) is 7.29. The average Bonchev–Trinajstić information content (AvgIpc) is 3.04. The van der Waals surface area contributed by atoms with Gasteiger partial charge < -0.3 is 20.5 Å². The quantitative estimate of drug-likeness (QED) is 0.137. The van der Waals surface area contributed by atoms with Crippen LogP contribution in [0.4, 0.5) is 0 Å². The summed E-state index contributed by atoms with van der Waals surface area (Å²) in [5.41, 5.74) is 0. The van der Waals surface area contributed by atoms with E-state index in [1.54, 1.807) is 6.07 Å². The van der Waals surface area contributed by atoms with E-state index in [1.165, 1.54) is 18.4 Å². The van der Waals surface area contributed by atoms with E-state index in [4.69, 9.17) is 11.6 Å². The summed E-state index contributed by atoms with van der Waals surface area (Å²) >= 11 is 7.25. The van der Waals surface area contributed by atoms with Crippen molar-refractivity contribution in [3.05, 3.63) is 21.3 Å². The molecule has 1 heterocycles. The molecular formula is C17H29ClIN3O3S. The van der Waals surface area contributed by atoms with Crippen LogP contribution in [0.2, 0.25) is 4.34 Å². The molecule has 0 aliphatic heterocycles. The number of hydrogen-bond donors (Lipinski definition) is 3. The van der Waals surface area contributed by atoms with Crippen LogP contribution in [0.15, 0.2) is 17.1 Å². The van der Waals surface area contributed by atoms with Gasteiger partial charge in [0.1, 0.15) is 6.10 Å². The third-order valence-corrected chi connectivity index (χ3v) is 4.85. The lowest BCUT2D eigenvalue weighted by Gasteiger charge is -2.12. The topological polar surface area (TPSA) is 83.0 Å². The Morgan fingerprint density at radius 1 is 1.31 bits per heavy atom. The second-order valence-electron chi connectivity index (χ2n) is 5.54. The van der Waals surface area contributed by atoms with Gasteiger partial charge in [-0.3, -0.25) is 9.79 Å². The van der Waals surface area contributed by atoms with Crippen molar-refractivity contribution in [3.63, 3.8) is 0 Å². The fraction of sp³-hybridized carbons (Fsp3) is 0.647. The number of carbonyl (C=O) groups excluding carboxylic acids is 1. The molecule has 9 heteroatoms. The molecule has 0 saturated heterocycles. The van der Waals surface area contributed by atoms with Crippen LogP contribution < -0.4 is 10.6 Å². The minimum atomic E-state index is -0.647. The molecule has 0 aliphatic carbocycles. The molecule has 0 bridgehead atoms. The molecular weight excluding hydrogens is 489 g/mol. The van der Waals surface area contributed by atoms with Crippen molar-refractivity contribution in [3.8, 4) is 0 Å². The van der Waals surface area contributed by atoms with Crippen molar-refractivity contribution >= 4 is 58.8 Å². The fourth-order valence-electron chi connectivity index (χ4n) is 2.17. The Morgan fingerprint density at radius 2 is 2.04 bits per heavy atom. The van der Waals surface area contributed by atoms with Crippen LogP contribution in [0, 0.1) is 0 Å². The molecule has 0 saturated carbocycles. The molecule has 0 amide bonds. The van der Waals surface area contributed by atoms with Crippen LogP contribution in [0.5, 0.6) is 0 Å². The number of thiophene rings is 1. The van der Waals surface area contributed by atoms with E-state index in [2.05, 4.69) is 20.4 Å². The first-order chi connectivity index (χ1) is 12.1. The Morgan fingerprint density at radius 3 is 2.65 bits per heavy atom. The van der Waals surface area contributed by atoms with Gasteiger partial charge in [-0.1, -0.05) is 24.4 Å². The zero-order valence-electron chi connectivity index (χ0n) is 15.3. The standard InChI is InChI=1S/C17H28ClN3O3S.HI/c1-3-19-17(20-11-7-5-4-6-8-16(23)24-2)21-12-13(22)14-9-10-15(18)25-14;/h9-10,13,22H,3-8,11-12H2,1-2H3,(H2,19,20,21);1H. The lowest BCUT2D eigenvalue weighted by molar-refractivity contribution is -0.140. The number of aliphatic hydroxyl groups is 1. The number of nitrogens with zero attached hydrogens (tertiary/aromatic N) is 1. The summed E-state index contributed by atoms with van der Waals surface area (Å²) in [6, 6.07) is 3.60. The molecule has 0 aliphatic rings. The third-order valence-electron chi connectivity index (χ3n) is 3.52. The minimum Gasteiger partial charge on any atom is -0.469 e. The number of hydrogen-bond acceptors (Lipinski definition) is 5. The Labute approximate surface area is 181 Å². The van der Waals surface area contributed by atoms with Gasteiger partial charge in [-0.2, -0.15) is 0 Å². The van der Waals surface area contributed by atoms with E-state index in [0.29, 0.717) is 16.7 Å². The maximum absolute atomic E-state index is 11.0. The van der Waals surface area contributed by atoms with Crippen molar-refractivity contribution in [1.82, 2.24) is 10.6 Å². The number of methoxy groups -OCH3 is 1. The highest BCUT2D eigenvalue weighted by molar-refractivity contribution is 14.0. The summed E-state index contributed by atoms with van der Waals surface area (Å²) in [6.07, 6.45) is 3.73. The van der Waals surface area contributed by atoms with Crippen molar-refractivity contribution in [2.45, 2.75) is 45.1 Å². The number of ether oxygens (including phenoxy) is 1. The van der Waals surface area contributed by atoms with E-state index in [0.717, 1.165) is 43.6 Å². The summed E-state index contributed by atoms with van der Waals surface area (Å²) in [5.74, 6) is 0.545. The molecule has 1 aromatic rings. The maximum Gasteiger partial charge on any atom is 0.305 e. The number of guanidine groups is 1. The smallest absolute Gasteiger partial charge is 0.305 e. The summed E-state index contributed by atoms with van der Waals surface area (Å²) in [7, 11) is 1.41. The molecule has 1 aromatic heterocycles. The van der Waals surface area contributed by atoms with Gasteiger partial charge in [0, 0.05) is 24.4 Å². The van der Waals surface area contributed by atoms with Gasteiger partial charge >= 0.3 is 5.97 Å². The molecule has 1 atom stereocenters. The normalized spacial score (nSPS) is 12.2. The van der Waals surface area contributed by atoms with Gasteiger partial charge in [-0.05, 0) is 31.9 Å². The van der Waals surface area contributed by atoms with Gasteiger partial charge in [0.15, 0.2) is 5.96 Å². The van der Waals surface area contributed by atoms with E-state index >= 15 is 0 Å². The Bertz CT molecular complexity index is 543. The van der Waals surface area contributed by atoms with Crippen LogP contribution in [-0.4, -0.2) is 43.8 Å². The lowest BCUT2D eigenvalue weighted by atomic mass is 10.1. The Kier molecular flexibility index (Phi) is 15.1. The maximum atomic E-state index is 11.0. The van der Waals surface area contributed by atoms with Crippen molar-refractivity contribution < 1.29 is 14.6 Å². The van der Waals surface area contributed by atoms with Gasteiger partial charge in [-0.15, -0.1) is 35.3 Å². The summed E-state index contributed by atoms with van der Waals surface area (Å²) in [6.45, 7) is 3.83. The Balaban J connectivity index is 0.00000625. The van der Waals surface area contributed by atoms with E-state index < -0.39 is 6.10 Å². The number of nitrogens with one attached hydrogen (secondary N) is 2. The SMILES string of the molecule is CCNC(=NCC(O)c1ccc(Cl)s1)NCCCCCCC(=O)OC.I. The zero-order valence-corrected chi connectivity index (χ0v) is 19.2. The number of aliphatic hydroxyl groups excluding tert-OH is 1. The van der Waals surface area contributed by atoms with Crippen molar-refractivity contribution in [2.75, 3.05) is 26.7 Å². The molecule has 0 spiro atoms. The predicted molar refractivity (Wildman–Crippen MR) is 119 cm³/mol. The largest absolute Gasteiger partial charge is 0.469 e. The number of esters is 1.